The zero-order valence-electron chi connectivity index (χ0n) is 14.5. The van der Waals surface area contributed by atoms with Crippen LogP contribution in [0.3, 0.4) is 0 Å². The lowest BCUT2D eigenvalue weighted by Crippen LogP contribution is -2.21. The van der Waals surface area contributed by atoms with Gasteiger partial charge in [0.25, 0.3) is 5.89 Å². The van der Waals surface area contributed by atoms with Crippen LogP contribution in [0.25, 0.3) is 32.5 Å². The molecular formula is C19H16N6OS. The lowest BCUT2D eigenvalue weighted by molar-refractivity contribution is 0.580. The maximum Gasteiger partial charge on any atom is 0.346 e. The SMILES string of the molecule is Cc1nc(-c2ccc(-c3ccccc3)cc2)sc1-c1nnc(N=C(N)N)o1. The molecular weight excluding hydrogens is 360 g/mol. The monoisotopic (exact) mass is 376 g/mol. The van der Waals surface area contributed by atoms with Crippen LogP contribution < -0.4 is 11.5 Å². The quantitative estimate of drug-likeness (QED) is 0.414. The van der Waals surface area contributed by atoms with Gasteiger partial charge in [-0.25, -0.2) is 4.98 Å². The third kappa shape index (κ3) is 3.56. The van der Waals surface area contributed by atoms with Gasteiger partial charge in [-0.15, -0.1) is 16.4 Å². The first-order valence-corrected chi connectivity index (χ1v) is 8.98. The summed E-state index contributed by atoms with van der Waals surface area (Å²) in [4.78, 5) is 9.18. The molecule has 7 nitrogen and oxygen atoms in total. The molecule has 134 valence electrons. The summed E-state index contributed by atoms with van der Waals surface area (Å²) < 4.78 is 5.49. The summed E-state index contributed by atoms with van der Waals surface area (Å²) in [6, 6.07) is 18.6. The normalized spacial score (nSPS) is 10.7. The predicted octanol–water partition coefficient (Wildman–Crippen LogP) is 3.74. The van der Waals surface area contributed by atoms with Crippen LogP contribution in [0.5, 0.6) is 0 Å². The Bertz CT molecular complexity index is 1090. The number of benzene rings is 2. The maximum atomic E-state index is 5.49. The molecule has 0 saturated heterocycles. The van der Waals surface area contributed by atoms with Gasteiger partial charge in [0.15, 0.2) is 5.96 Å². The van der Waals surface area contributed by atoms with Crippen molar-refractivity contribution in [3.63, 3.8) is 0 Å². The van der Waals surface area contributed by atoms with Gasteiger partial charge >= 0.3 is 6.01 Å². The van der Waals surface area contributed by atoms with Crippen molar-refractivity contribution in [3.05, 3.63) is 60.3 Å². The van der Waals surface area contributed by atoms with Crippen LogP contribution >= 0.6 is 11.3 Å². The van der Waals surface area contributed by atoms with Crippen LogP contribution in [0.2, 0.25) is 0 Å². The number of nitrogens with zero attached hydrogens (tertiary/aromatic N) is 4. The first kappa shape index (κ1) is 16.9. The van der Waals surface area contributed by atoms with Crippen molar-refractivity contribution in [3.8, 4) is 32.5 Å². The van der Waals surface area contributed by atoms with Crippen molar-refractivity contribution in [2.75, 3.05) is 0 Å². The fourth-order valence-electron chi connectivity index (χ4n) is 2.62. The molecule has 0 unspecified atom stereocenters. The fraction of sp³-hybridized carbons (Fsp3) is 0.0526. The highest BCUT2D eigenvalue weighted by Crippen LogP contribution is 2.35. The van der Waals surface area contributed by atoms with Crippen molar-refractivity contribution in [1.29, 1.82) is 0 Å². The zero-order valence-corrected chi connectivity index (χ0v) is 15.3. The van der Waals surface area contributed by atoms with E-state index in [1.807, 2.05) is 25.1 Å². The van der Waals surface area contributed by atoms with Crippen LogP contribution in [0.4, 0.5) is 6.01 Å². The number of hydrogen-bond donors (Lipinski definition) is 2. The summed E-state index contributed by atoms with van der Waals surface area (Å²) in [5.74, 6) is 0.211. The third-order valence-electron chi connectivity index (χ3n) is 3.87. The standard InChI is InChI=1S/C19H16N6OS/c1-11-15(16-24-25-19(26-16)23-18(20)21)27-17(22-11)14-9-7-13(8-10-14)12-5-3-2-4-6-12/h2-10H,1H3,(H4,20,21,23,25). The van der Waals surface area contributed by atoms with E-state index in [9.17, 15) is 0 Å². The van der Waals surface area contributed by atoms with Gasteiger partial charge in [0, 0.05) is 5.56 Å². The number of aryl methyl sites for hydroxylation is 1. The Morgan fingerprint density at radius 2 is 1.59 bits per heavy atom. The van der Waals surface area contributed by atoms with Crippen molar-refractivity contribution in [2.24, 2.45) is 16.5 Å². The highest BCUT2D eigenvalue weighted by atomic mass is 32.1. The molecule has 2 aromatic heterocycles. The van der Waals surface area contributed by atoms with E-state index in [1.165, 1.54) is 16.9 Å². The minimum Gasteiger partial charge on any atom is -0.401 e. The third-order valence-corrected chi connectivity index (χ3v) is 5.06. The predicted molar refractivity (Wildman–Crippen MR) is 106 cm³/mol. The Morgan fingerprint density at radius 1 is 0.926 bits per heavy atom. The maximum absolute atomic E-state index is 5.49. The molecule has 0 aliphatic heterocycles. The van der Waals surface area contributed by atoms with Gasteiger partial charge in [-0.1, -0.05) is 59.7 Å². The molecule has 0 saturated carbocycles. The van der Waals surface area contributed by atoms with E-state index in [-0.39, 0.29) is 12.0 Å². The average molecular weight is 376 g/mol. The van der Waals surface area contributed by atoms with Crippen LogP contribution in [0.15, 0.2) is 64.0 Å². The molecule has 8 heteroatoms. The number of guanidine groups is 1. The molecule has 0 amide bonds. The van der Waals surface area contributed by atoms with E-state index < -0.39 is 0 Å². The molecule has 0 bridgehead atoms. The van der Waals surface area contributed by atoms with Gasteiger partial charge in [0.05, 0.1) is 5.69 Å². The Hall–Kier alpha value is -3.52. The van der Waals surface area contributed by atoms with Crippen molar-refractivity contribution in [2.45, 2.75) is 6.92 Å². The molecule has 2 heterocycles. The molecule has 0 aliphatic rings. The molecule has 0 spiro atoms. The van der Waals surface area contributed by atoms with E-state index in [0.29, 0.717) is 5.89 Å². The van der Waals surface area contributed by atoms with Crippen LogP contribution in [-0.2, 0) is 0 Å². The summed E-state index contributed by atoms with van der Waals surface area (Å²) in [6.45, 7) is 1.90. The fourth-order valence-corrected chi connectivity index (χ4v) is 3.61. The molecule has 0 radical (unpaired) electrons. The molecule has 0 atom stereocenters. The molecule has 27 heavy (non-hydrogen) atoms. The number of nitrogens with two attached hydrogens (primary N) is 2. The second-order valence-electron chi connectivity index (χ2n) is 5.80. The first-order valence-electron chi connectivity index (χ1n) is 8.17. The Kier molecular flexibility index (Phi) is 4.39. The number of hydrogen-bond acceptors (Lipinski definition) is 6. The van der Waals surface area contributed by atoms with Gasteiger partial charge < -0.3 is 15.9 Å². The smallest absolute Gasteiger partial charge is 0.346 e. The van der Waals surface area contributed by atoms with Crippen molar-refractivity contribution in [1.82, 2.24) is 15.2 Å². The molecule has 4 aromatic rings. The second-order valence-corrected chi connectivity index (χ2v) is 6.80. The molecule has 0 aliphatic carbocycles. The van der Waals surface area contributed by atoms with E-state index in [2.05, 4.69) is 56.6 Å². The van der Waals surface area contributed by atoms with Crippen molar-refractivity contribution >= 4 is 23.3 Å². The summed E-state index contributed by atoms with van der Waals surface area (Å²) in [5.41, 5.74) is 14.8. The number of thiazole rings is 1. The molecule has 4 rings (SSSR count). The van der Waals surface area contributed by atoms with E-state index in [4.69, 9.17) is 15.9 Å². The largest absolute Gasteiger partial charge is 0.401 e. The molecule has 2 aromatic carbocycles. The lowest BCUT2D eigenvalue weighted by Gasteiger charge is -2.02. The highest BCUT2D eigenvalue weighted by Gasteiger charge is 2.17. The summed E-state index contributed by atoms with van der Waals surface area (Å²) in [6.07, 6.45) is 0. The van der Waals surface area contributed by atoms with Crippen molar-refractivity contribution < 1.29 is 4.42 Å². The van der Waals surface area contributed by atoms with Gasteiger partial charge in [0.2, 0.25) is 0 Å². The van der Waals surface area contributed by atoms with Gasteiger partial charge in [0.1, 0.15) is 9.88 Å². The average Bonchev–Trinajstić information content (AvgIpc) is 3.28. The first-order chi connectivity index (χ1) is 13.1. The Morgan fingerprint density at radius 3 is 2.30 bits per heavy atom. The van der Waals surface area contributed by atoms with E-state index >= 15 is 0 Å². The van der Waals surface area contributed by atoms with E-state index in [1.54, 1.807) is 0 Å². The summed E-state index contributed by atoms with van der Waals surface area (Å²) in [5, 5.41) is 8.69. The lowest BCUT2D eigenvalue weighted by atomic mass is 10.0. The minimum absolute atomic E-state index is 0.0200. The minimum atomic E-state index is -0.134. The molecule has 4 N–H and O–H groups in total. The Balaban J connectivity index is 1.63. The van der Waals surface area contributed by atoms with Crippen LogP contribution in [0, 0.1) is 6.92 Å². The van der Waals surface area contributed by atoms with Gasteiger partial charge in [-0.3, -0.25) is 0 Å². The number of rotatable bonds is 4. The highest BCUT2D eigenvalue weighted by molar-refractivity contribution is 7.18. The second kappa shape index (κ2) is 7.00. The Labute approximate surface area is 159 Å². The van der Waals surface area contributed by atoms with Crippen LogP contribution in [0.1, 0.15) is 5.69 Å². The van der Waals surface area contributed by atoms with E-state index in [0.717, 1.165) is 26.7 Å². The molecule has 0 fully saturated rings. The summed E-state index contributed by atoms with van der Waals surface area (Å²) >= 11 is 1.48. The summed E-state index contributed by atoms with van der Waals surface area (Å²) in [7, 11) is 0. The number of aromatic nitrogens is 3. The van der Waals surface area contributed by atoms with Crippen LogP contribution in [-0.4, -0.2) is 21.1 Å². The zero-order chi connectivity index (χ0) is 18.8. The van der Waals surface area contributed by atoms with Gasteiger partial charge in [-0.05, 0) is 18.1 Å². The number of aliphatic imine (C=N–C) groups is 1. The topological polar surface area (TPSA) is 116 Å². The van der Waals surface area contributed by atoms with Gasteiger partial charge in [-0.2, -0.15) is 4.99 Å².